The second-order valence-corrected chi connectivity index (χ2v) is 13.2. The van der Waals surface area contributed by atoms with E-state index in [9.17, 15) is 9.59 Å². The van der Waals surface area contributed by atoms with Crippen LogP contribution in [0.3, 0.4) is 0 Å². The molecule has 2 nitrogen and oxygen atoms in total. The molecule has 0 bridgehead atoms. The zero-order valence-electron chi connectivity index (χ0n) is 17.8. The Morgan fingerprint density at radius 2 is 1.37 bits per heavy atom. The molecule has 3 aromatic carbocycles. The van der Waals surface area contributed by atoms with Crippen molar-refractivity contribution in [2.45, 2.75) is 43.6 Å². The molecule has 0 aliphatic heterocycles. The second kappa shape index (κ2) is 7.97. The lowest BCUT2D eigenvalue weighted by Gasteiger charge is -2.41. The number of benzene rings is 3. The fourth-order valence-corrected chi connectivity index (χ4v) is 8.80. The van der Waals surface area contributed by atoms with Crippen molar-refractivity contribution in [1.82, 2.24) is 0 Å². The molecule has 3 heteroatoms. The molecule has 0 spiro atoms. The Labute approximate surface area is 180 Å². The minimum Gasteiger partial charge on any atom is -0.424 e. The number of hydrogen-bond donors (Lipinski definition) is 1. The van der Waals surface area contributed by atoms with Crippen LogP contribution >= 0.6 is 0 Å². The molecule has 154 valence electrons. The van der Waals surface area contributed by atoms with Gasteiger partial charge in [0.2, 0.25) is 0 Å². The maximum absolute atomic E-state index is 12.3. The van der Waals surface area contributed by atoms with Gasteiger partial charge in [0.1, 0.15) is 6.29 Å². The van der Waals surface area contributed by atoms with Gasteiger partial charge in [-0.15, -0.1) is 0 Å². The van der Waals surface area contributed by atoms with Crippen LogP contribution in [0.25, 0.3) is 0 Å². The molecule has 4 rings (SSSR count). The third-order valence-corrected chi connectivity index (χ3v) is 11.7. The molecule has 1 aliphatic carbocycles. The quantitative estimate of drug-likeness (QED) is 0.437. The lowest BCUT2D eigenvalue weighted by molar-refractivity contribution is -0.110. The molecule has 1 fully saturated rings. The summed E-state index contributed by atoms with van der Waals surface area (Å²) in [6, 6.07) is 30.5. The standard InChI is InChI=1S/C27H30O2Si/c1-26(2,19-18-23-20-27(23,21-28)22-12-6-3-7-13-22)30(29,24-14-8-4-9-15-24)25-16-10-5-11-17-25/h3-17,21,23,29H,18-20H2,1-2H3/t23-,27-/m1/s1. The number of carbonyl (C=O) groups excluding carboxylic acids is 1. The molecule has 0 amide bonds. The molecule has 1 aliphatic rings. The molecule has 0 unspecified atom stereocenters. The number of aldehydes is 1. The highest BCUT2D eigenvalue weighted by atomic mass is 28.4. The Bertz CT molecular complexity index is 946. The van der Waals surface area contributed by atoms with Crippen molar-refractivity contribution < 1.29 is 9.59 Å². The fraction of sp³-hybridized carbons (Fsp3) is 0.296. The van der Waals surface area contributed by atoms with E-state index in [1.165, 1.54) is 0 Å². The molecule has 0 aromatic heterocycles. The van der Waals surface area contributed by atoms with E-state index in [0.717, 1.165) is 41.5 Å². The van der Waals surface area contributed by atoms with E-state index in [2.05, 4.69) is 50.2 Å². The number of carbonyl (C=O) groups is 1. The van der Waals surface area contributed by atoms with Gasteiger partial charge in [-0.1, -0.05) is 105 Å². The zero-order chi connectivity index (χ0) is 21.2. The molecule has 1 saturated carbocycles. The van der Waals surface area contributed by atoms with Crippen molar-refractivity contribution in [2.24, 2.45) is 5.92 Å². The third kappa shape index (κ3) is 3.46. The van der Waals surface area contributed by atoms with Crippen LogP contribution in [0, 0.1) is 5.92 Å². The summed E-state index contributed by atoms with van der Waals surface area (Å²) in [6.45, 7) is 4.40. The normalized spacial score (nSPS) is 21.2. The molecule has 3 aromatic rings. The van der Waals surface area contributed by atoms with E-state index in [1.54, 1.807) is 0 Å². The van der Waals surface area contributed by atoms with Crippen LogP contribution in [-0.4, -0.2) is 19.4 Å². The van der Waals surface area contributed by atoms with Crippen molar-refractivity contribution in [3.8, 4) is 0 Å². The average molecular weight is 415 g/mol. The Morgan fingerprint density at radius 1 is 0.900 bits per heavy atom. The maximum atomic E-state index is 12.3. The van der Waals surface area contributed by atoms with Crippen molar-refractivity contribution >= 4 is 25.0 Å². The number of hydrogen-bond acceptors (Lipinski definition) is 2. The van der Waals surface area contributed by atoms with E-state index in [1.807, 2.05) is 54.6 Å². The van der Waals surface area contributed by atoms with Crippen molar-refractivity contribution in [1.29, 1.82) is 0 Å². The van der Waals surface area contributed by atoms with E-state index in [4.69, 9.17) is 0 Å². The monoisotopic (exact) mass is 414 g/mol. The summed E-state index contributed by atoms with van der Waals surface area (Å²) in [5.74, 6) is 0.349. The first-order valence-electron chi connectivity index (χ1n) is 10.8. The molecule has 30 heavy (non-hydrogen) atoms. The minimum absolute atomic E-state index is 0.274. The Kier molecular flexibility index (Phi) is 5.52. The molecule has 0 heterocycles. The van der Waals surface area contributed by atoms with Crippen LogP contribution < -0.4 is 10.4 Å². The Hall–Kier alpha value is -2.49. The van der Waals surface area contributed by atoms with E-state index in [-0.39, 0.29) is 10.5 Å². The van der Waals surface area contributed by atoms with Crippen molar-refractivity contribution in [3.05, 3.63) is 96.6 Å². The van der Waals surface area contributed by atoms with Gasteiger partial charge in [0.25, 0.3) is 8.32 Å². The van der Waals surface area contributed by atoms with Gasteiger partial charge in [0, 0.05) is 0 Å². The first-order valence-corrected chi connectivity index (χ1v) is 12.7. The predicted molar refractivity (Wildman–Crippen MR) is 126 cm³/mol. The summed E-state index contributed by atoms with van der Waals surface area (Å²) in [6.07, 6.45) is 3.88. The average Bonchev–Trinajstić information content (AvgIpc) is 3.54. The van der Waals surface area contributed by atoms with Crippen LogP contribution in [0.4, 0.5) is 0 Å². The zero-order valence-corrected chi connectivity index (χ0v) is 18.8. The van der Waals surface area contributed by atoms with Gasteiger partial charge < -0.3 is 9.59 Å². The molecule has 0 saturated heterocycles. The van der Waals surface area contributed by atoms with Gasteiger partial charge in [0.05, 0.1) is 5.41 Å². The number of rotatable bonds is 8. The molecular weight excluding hydrogens is 384 g/mol. The maximum Gasteiger partial charge on any atom is 0.258 e. The highest BCUT2D eigenvalue weighted by Gasteiger charge is 2.57. The van der Waals surface area contributed by atoms with Crippen LogP contribution in [-0.2, 0) is 10.2 Å². The fourth-order valence-electron chi connectivity index (χ4n) is 5.05. The smallest absolute Gasteiger partial charge is 0.258 e. The van der Waals surface area contributed by atoms with Gasteiger partial charge in [-0.25, -0.2) is 0 Å². The lowest BCUT2D eigenvalue weighted by Crippen LogP contribution is -2.65. The van der Waals surface area contributed by atoms with Crippen LogP contribution in [0.1, 0.15) is 38.7 Å². The van der Waals surface area contributed by atoms with Gasteiger partial charge in [-0.3, -0.25) is 0 Å². The largest absolute Gasteiger partial charge is 0.424 e. The highest BCUT2D eigenvalue weighted by Crippen LogP contribution is 2.57. The highest BCUT2D eigenvalue weighted by molar-refractivity contribution is 6.98. The van der Waals surface area contributed by atoms with Crippen LogP contribution in [0.5, 0.6) is 0 Å². The Balaban J connectivity index is 1.60. The molecule has 1 N–H and O–H groups in total. The van der Waals surface area contributed by atoms with Gasteiger partial charge in [0.15, 0.2) is 0 Å². The van der Waals surface area contributed by atoms with Gasteiger partial charge >= 0.3 is 0 Å². The van der Waals surface area contributed by atoms with E-state index >= 15 is 0 Å². The predicted octanol–water partition coefficient (Wildman–Crippen LogP) is 4.46. The summed E-state index contributed by atoms with van der Waals surface area (Å²) in [4.78, 5) is 24.3. The van der Waals surface area contributed by atoms with Crippen molar-refractivity contribution in [2.75, 3.05) is 0 Å². The van der Waals surface area contributed by atoms with Crippen molar-refractivity contribution in [3.63, 3.8) is 0 Å². The molecule has 0 radical (unpaired) electrons. The second-order valence-electron chi connectivity index (χ2n) is 9.29. The summed E-state index contributed by atoms with van der Waals surface area (Å²) in [5.41, 5.74) is 0.790. The summed E-state index contributed by atoms with van der Waals surface area (Å²) < 4.78 is 0. The summed E-state index contributed by atoms with van der Waals surface area (Å²) >= 11 is 0. The van der Waals surface area contributed by atoms with Crippen LogP contribution in [0.2, 0.25) is 5.04 Å². The van der Waals surface area contributed by atoms with E-state index < -0.39 is 8.32 Å². The summed E-state index contributed by atoms with van der Waals surface area (Å²) in [7, 11) is -2.99. The molecular formula is C27H30O2Si. The molecule has 2 atom stereocenters. The minimum atomic E-state index is -2.99. The first kappa shape index (κ1) is 20.8. The topological polar surface area (TPSA) is 37.3 Å². The lowest BCUT2D eigenvalue weighted by atomic mass is 9.92. The summed E-state index contributed by atoms with van der Waals surface area (Å²) in [5, 5.41) is 1.81. The van der Waals surface area contributed by atoms with Crippen LogP contribution in [0.15, 0.2) is 91.0 Å². The SMILES string of the molecule is CC(C)(CC[C@@H]1C[C@@]1(C=O)c1ccccc1)[Si](O)(c1ccccc1)c1ccccc1. The Morgan fingerprint density at radius 3 is 1.83 bits per heavy atom. The van der Waals surface area contributed by atoms with Gasteiger partial charge in [-0.05, 0) is 46.2 Å². The third-order valence-electron chi connectivity index (χ3n) is 7.15. The van der Waals surface area contributed by atoms with Gasteiger partial charge in [-0.2, -0.15) is 0 Å². The van der Waals surface area contributed by atoms with E-state index in [0.29, 0.717) is 5.92 Å². The first-order chi connectivity index (χ1) is 14.4.